The van der Waals surface area contributed by atoms with Crippen LogP contribution in [0.3, 0.4) is 0 Å². The highest BCUT2D eigenvalue weighted by atomic mass is 35.5. The Bertz CT molecular complexity index is 763. The molecule has 20 heavy (non-hydrogen) atoms. The van der Waals surface area contributed by atoms with Crippen LogP contribution < -0.4 is 10.5 Å². The van der Waals surface area contributed by atoms with Gasteiger partial charge in [-0.25, -0.2) is 12.8 Å². The van der Waals surface area contributed by atoms with E-state index in [1.54, 1.807) is 25.1 Å². The van der Waals surface area contributed by atoms with Crippen LogP contribution in [0.4, 0.5) is 15.8 Å². The number of hydrogen-bond donors (Lipinski definition) is 2. The molecule has 0 amide bonds. The predicted octanol–water partition coefficient (Wildman–Crippen LogP) is 3.17. The van der Waals surface area contributed by atoms with Crippen LogP contribution in [0.2, 0.25) is 5.02 Å². The molecule has 4 nitrogen and oxygen atoms in total. The lowest BCUT2D eigenvalue weighted by atomic mass is 10.2. The molecule has 0 bridgehead atoms. The van der Waals surface area contributed by atoms with Gasteiger partial charge in [0.05, 0.1) is 11.4 Å². The second kappa shape index (κ2) is 5.30. The Labute approximate surface area is 121 Å². The van der Waals surface area contributed by atoms with Gasteiger partial charge >= 0.3 is 0 Å². The summed E-state index contributed by atoms with van der Waals surface area (Å²) in [5, 5.41) is 0.428. The third kappa shape index (κ3) is 2.86. The summed E-state index contributed by atoms with van der Waals surface area (Å²) in [5.74, 6) is -0.678. The summed E-state index contributed by atoms with van der Waals surface area (Å²) in [7, 11) is -3.98. The molecule has 0 aliphatic rings. The SMILES string of the molecule is Cc1c(Cl)cccc1NS(=O)(=O)c1cc(F)ccc1N. The van der Waals surface area contributed by atoms with Gasteiger partial charge in [-0.3, -0.25) is 4.72 Å². The molecular formula is C13H12ClFN2O2S. The highest BCUT2D eigenvalue weighted by Crippen LogP contribution is 2.27. The van der Waals surface area contributed by atoms with E-state index in [2.05, 4.69) is 4.72 Å². The molecule has 2 rings (SSSR count). The first kappa shape index (κ1) is 14.6. The van der Waals surface area contributed by atoms with Crippen molar-refractivity contribution in [1.29, 1.82) is 0 Å². The van der Waals surface area contributed by atoms with Crippen molar-refractivity contribution < 1.29 is 12.8 Å². The van der Waals surface area contributed by atoms with Crippen LogP contribution in [0.25, 0.3) is 0 Å². The van der Waals surface area contributed by atoms with Gasteiger partial charge in [0.1, 0.15) is 10.7 Å². The Morgan fingerprint density at radius 3 is 2.65 bits per heavy atom. The number of sulfonamides is 1. The normalized spacial score (nSPS) is 11.3. The third-order valence-corrected chi connectivity index (χ3v) is 4.61. The third-order valence-electron chi connectivity index (χ3n) is 2.78. The number of nitrogens with one attached hydrogen (secondary N) is 1. The fraction of sp³-hybridized carbons (Fsp3) is 0.0769. The van der Waals surface area contributed by atoms with E-state index in [1.807, 2.05) is 0 Å². The zero-order valence-corrected chi connectivity index (χ0v) is 12.1. The summed E-state index contributed by atoms with van der Waals surface area (Å²) in [6.07, 6.45) is 0. The molecule has 0 aliphatic carbocycles. The number of hydrogen-bond acceptors (Lipinski definition) is 3. The summed E-state index contributed by atoms with van der Waals surface area (Å²) in [4.78, 5) is -0.308. The summed E-state index contributed by atoms with van der Waals surface area (Å²) in [6.45, 7) is 1.68. The molecule has 0 aromatic heterocycles. The molecule has 2 aromatic rings. The standard InChI is InChI=1S/C13H12ClFN2O2S/c1-8-10(14)3-2-4-12(8)17-20(18,19)13-7-9(15)5-6-11(13)16/h2-7,17H,16H2,1H3. The Kier molecular flexibility index (Phi) is 3.87. The van der Waals surface area contributed by atoms with Crippen molar-refractivity contribution in [3.05, 3.63) is 52.8 Å². The lowest BCUT2D eigenvalue weighted by Gasteiger charge is -2.12. The maximum atomic E-state index is 13.2. The first-order chi connectivity index (χ1) is 9.31. The maximum absolute atomic E-state index is 13.2. The largest absolute Gasteiger partial charge is 0.398 e. The van der Waals surface area contributed by atoms with Crippen LogP contribution in [-0.4, -0.2) is 8.42 Å². The number of halogens is 2. The van der Waals surface area contributed by atoms with E-state index in [9.17, 15) is 12.8 Å². The molecule has 0 radical (unpaired) electrons. The molecule has 2 aromatic carbocycles. The smallest absolute Gasteiger partial charge is 0.264 e. The molecule has 0 saturated heterocycles. The number of nitrogen functional groups attached to an aromatic ring is 1. The van der Waals surface area contributed by atoms with Crippen molar-refractivity contribution >= 4 is 33.0 Å². The van der Waals surface area contributed by atoms with Crippen molar-refractivity contribution in [2.24, 2.45) is 0 Å². The minimum atomic E-state index is -3.98. The molecule has 0 spiro atoms. The lowest BCUT2D eigenvalue weighted by molar-refractivity contribution is 0.596. The molecule has 0 aliphatic heterocycles. The molecule has 0 atom stereocenters. The van der Waals surface area contributed by atoms with Crippen molar-refractivity contribution in [2.75, 3.05) is 10.5 Å². The van der Waals surface area contributed by atoms with Crippen LogP contribution in [0.5, 0.6) is 0 Å². The molecule has 0 heterocycles. The summed E-state index contributed by atoms with van der Waals surface area (Å²) in [5.41, 5.74) is 6.45. The molecule has 7 heteroatoms. The van der Waals surface area contributed by atoms with Gasteiger partial charge in [0.2, 0.25) is 0 Å². The van der Waals surface area contributed by atoms with E-state index in [0.29, 0.717) is 16.3 Å². The minimum Gasteiger partial charge on any atom is -0.398 e. The van der Waals surface area contributed by atoms with Gasteiger partial charge in [-0.15, -0.1) is 0 Å². The Morgan fingerprint density at radius 1 is 1.25 bits per heavy atom. The lowest BCUT2D eigenvalue weighted by Crippen LogP contribution is -2.15. The maximum Gasteiger partial charge on any atom is 0.264 e. The Balaban J connectivity index is 2.46. The van der Waals surface area contributed by atoms with E-state index in [-0.39, 0.29) is 10.6 Å². The van der Waals surface area contributed by atoms with Crippen LogP contribution in [0.1, 0.15) is 5.56 Å². The van der Waals surface area contributed by atoms with Crippen molar-refractivity contribution in [2.45, 2.75) is 11.8 Å². The summed E-state index contributed by atoms with van der Waals surface area (Å²) in [6, 6.07) is 7.99. The highest BCUT2D eigenvalue weighted by molar-refractivity contribution is 7.92. The predicted molar refractivity (Wildman–Crippen MR) is 77.8 cm³/mol. The first-order valence-electron chi connectivity index (χ1n) is 5.64. The van der Waals surface area contributed by atoms with Gasteiger partial charge < -0.3 is 5.73 Å². The van der Waals surface area contributed by atoms with Crippen molar-refractivity contribution in [1.82, 2.24) is 0 Å². The monoisotopic (exact) mass is 314 g/mol. The topological polar surface area (TPSA) is 72.2 Å². The zero-order valence-electron chi connectivity index (χ0n) is 10.5. The summed E-state index contributed by atoms with van der Waals surface area (Å²) >= 11 is 5.93. The van der Waals surface area contributed by atoms with E-state index in [1.165, 1.54) is 6.07 Å². The van der Waals surface area contributed by atoms with Gasteiger partial charge in [-0.05, 0) is 42.8 Å². The fourth-order valence-electron chi connectivity index (χ4n) is 1.66. The first-order valence-corrected chi connectivity index (χ1v) is 7.50. The molecule has 0 unspecified atom stereocenters. The van der Waals surface area contributed by atoms with Crippen LogP contribution in [-0.2, 0) is 10.0 Å². The van der Waals surface area contributed by atoms with Gasteiger partial charge in [-0.1, -0.05) is 17.7 Å². The quantitative estimate of drug-likeness (QED) is 0.855. The average Bonchev–Trinajstić information content (AvgIpc) is 2.37. The number of anilines is 2. The Morgan fingerprint density at radius 2 is 1.95 bits per heavy atom. The highest BCUT2D eigenvalue weighted by Gasteiger charge is 2.19. The van der Waals surface area contributed by atoms with Gasteiger partial charge in [-0.2, -0.15) is 0 Å². The van der Waals surface area contributed by atoms with Gasteiger partial charge in [0, 0.05) is 5.02 Å². The molecule has 106 valence electrons. The number of benzene rings is 2. The second-order valence-electron chi connectivity index (χ2n) is 4.20. The second-order valence-corrected chi connectivity index (χ2v) is 6.26. The zero-order chi connectivity index (χ0) is 14.9. The van der Waals surface area contributed by atoms with Crippen LogP contribution in [0.15, 0.2) is 41.3 Å². The van der Waals surface area contributed by atoms with Crippen molar-refractivity contribution in [3.8, 4) is 0 Å². The van der Waals surface area contributed by atoms with E-state index >= 15 is 0 Å². The van der Waals surface area contributed by atoms with Crippen molar-refractivity contribution in [3.63, 3.8) is 0 Å². The van der Waals surface area contributed by atoms with Gasteiger partial charge in [0.25, 0.3) is 10.0 Å². The molecule has 0 saturated carbocycles. The molecular weight excluding hydrogens is 303 g/mol. The van der Waals surface area contributed by atoms with E-state index < -0.39 is 15.8 Å². The minimum absolute atomic E-state index is 0.0291. The van der Waals surface area contributed by atoms with Crippen LogP contribution >= 0.6 is 11.6 Å². The number of rotatable bonds is 3. The molecule has 3 N–H and O–H groups in total. The van der Waals surface area contributed by atoms with E-state index in [0.717, 1.165) is 12.1 Å². The van der Waals surface area contributed by atoms with Crippen LogP contribution in [0, 0.1) is 12.7 Å². The number of nitrogens with two attached hydrogens (primary N) is 1. The van der Waals surface area contributed by atoms with Gasteiger partial charge in [0.15, 0.2) is 0 Å². The molecule has 0 fully saturated rings. The fourth-order valence-corrected chi connectivity index (χ4v) is 3.10. The summed E-state index contributed by atoms with van der Waals surface area (Å²) < 4.78 is 40.0. The Hall–Kier alpha value is -1.79. The van der Waals surface area contributed by atoms with E-state index in [4.69, 9.17) is 17.3 Å². The average molecular weight is 315 g/mol.